The minimum absolute atomic E-state index is 0.000882. The summed E-state index contributed by atoms with van der Waals surface area (Å²) in [7, 11) is 0. The van der Waals surface area contributed by atoms with E-state index < -0.39 is 0 Å². The zero-order valence-electron chi connectivity index (χ0n) is 11.1. The van der Waals surface area contributed by atoms with E-state index in [4.69, 9.17) is 0 Å². The first-order chi connectivity index (χ1) is 8.02. The number of aryl methyl sites for hydroxylation is 2. The Morgan fingerprint density at radius 1 is 1.53 bits per heavy atom. The first kappa shape index (κ1) is 13.7. The molecule has 1 atom stereocenters. The van der Waals surface area contributed by atoms with Gasteiger partial charge >= 0.3 is 0 Å². The number of nitrogens with zero attached hydrogens (tertiary/aromatic N) is 2. The molecule has 0 radical (unpaired) electrons. The lowest BCUT2D eigenvalue weighted by Crippen LogP contribution is -2.40. The van der Waals surface area contributed by atoms with Gasteiger partial charge in [-0.25, -0.2) is 0 Å². The third-order valence-corrected chi connectivity index (χ3v) is 2.55. The quantitative estimate of drug-likeness (QED) is 0.763. The molecular weight excluding hydrogens is 216 g/mol. The average molecular weight is 238 g/mol. The maximum atomic E-state index is 11.7. The summed E-state index contributed by atoms with van der Waals surface area (Å²) in [4.78, 5) is 11.7. The highest BCUT2D eigenvalue weighted by Crippen LogP contribution is 2.00. The molecule has 1 amide bonds. The van der Waals surface area contributed by atoms with Gasteiger partial charge < -0.3 is 10.6 Å². The van der Waals surface area contributed by atoms with Gasteiger partial charge in [0.05, 0.1) is 5.69 Å². The molecule has 0 aromatic carbocycles. The van der Waals surface area contributed by atoms with Crippen molar-refractivity contribution in [2.24, 2.45) is 0 Å². The van der Waals surface area contributed by atoms with Crippen molar-refractivity contribution in [2.45, 2.75) is 40.3 Å². The molecule has 1 aromatic heterocycles. The van der Waals surface area contributed by atoms with E-state index in [1.54, 1.807) is 4.68 Å². The van der Waals surface area contributed by atoms with Gasteiger partial charge in [-0.15, -0.1) is 0 Å². The molecule has 0 saturated heterocycles. The zero-order valence-corrected chi connectivity index (χ0v) is 11.1. The number of rotatable bonds is 6. The molecule has 1 rings (SSSR count). The Kier molecular flexibility index (Phi) is 5.15. The molecule has 0 bridgehead atoms. The first-order valence-corrected chi connectivity index (χ1v) is 6.04. The lowest BCUT2D eigenvalue weighted by Gasteiger charge is -2.13. The molecule has 0 spiro atoms. The van der Waals surface area contributed by atoms with Crippen molar-refractivity contribution in [1.29, 1.82) is 0 Å². The van der Waals surface area contributed by atoms with Gasteiger partial charge in [0.2, 0.25) is 5.91 Å². The van der Waals surface area contributed by atoms with Crippen LogP contribution < -0.4 is 10.6 Å². The second-order valence-electron chi connectivity index (χ2n) is 4.35. The fourth-order valence-corrected chi connectivity index (χ4v) is 1.71. The van der Waals surface area contributed by atoms with Crippen LogP contribution in [0.4, 0.5) is 0 Å². The number of aromatic nitrogens is 2. The van der Waals surface area contributed by atoms with Crippen LogP contribution in [-0.2, 0) is 11.3 Å². The molecular formula is C12H22N4O. The molecule has 0 unspecified atom stereocenters. The van der Waals surface area contributed by atoms with Gasteiger partial charge in [0.25, 0.3) is 0 Å². The van der Waals surface area contributed by atoms with Gasteiger partial charge in [0, 0.05) is 18.3 Å². The summed E-state index contributed by atoms with van der Waals surface area (Å²) in [5, 5.41) is 10.4. The monoisotopic (exact) mass is 238 g/mol. The summed E-state index contributed by atoms with van der Waals surface area (Å²) in [6.07, 6.45) is 0. The number of hydrogen-bond acceptors (Lipinski definition) is 3. The molecule has 0 aliphatic carbocycles. The van der Waals surface area contributed by atoms with Crippen molar-refractivity contribution in [3.05, 3.63) is 17.5 Å². The Morgan fingerprint density at radius 2 is 2.24 bits per heavy atom. The third kappa shape index (κ3) is 4.56. The lowest BCUT2D eigenvalue weighted by molar-refractivity contribution is -0.121. The molecule has 96 valence electrons. The molecule has 5 heteroatoms. The first-order valence-electron chi connectivity index (χ1n) is 6.04. The van der Waals surface area contributed by atoms with Crippen molar-refractivity contribution >= 4 is 5.91 Å². The summed E-state index contributed by atoms with van der Waals surface area (Å²) < 4.78 is 1.72. The minimum atomic E-state index is 0.000882. The molecule has 1 aromatic rings. The summed E-state index contributed by atoms with van der Waals surface area (Å²) in [6.45, 7) is 9.82. The normalized spacial score (nSPS) is 12.5. The van der Waals surface area contributed by atoms with Crippen molar-refractivity contribution in [1.82, 2.24) is 20.4 Å². The molecule has 17 heavy (non-hydrogen) atoms. The number of nitrogens with one attached hydrogen (secondary N) is 2. The highest BCUT2D eigenvalue weighted by atomic mass is 16.2. The van der Waals surface area contributed by atoms with Gasteiger partial charge in [-0.05, 0) is 33.4 Å². The summed E-state index contributed by atoms with van der Waals surface area (Å²) >= 11 is 0. The predicted molar refractivity (Wildman–Crippen MR) is 67.8 cm³/mol. The molecule has 5 nitrogen and oxygen atoms in total. The van der Waals surface area contributed by atoms with Crippen LogP contribution in [-0.4, -0.2) is 34.8 Å². The number of likely N-dealkylation sites (N-methyl/N-ethyl adjacent to an activating group) is 1. The highest BCUT2D eigenvalue weighted by molar-refractivity contribution is 5.75. The van der Waals surface area contributed by atoms with E-state index >= 15 is 0 Å². The Hall–Kier alpha value is -1.36. The topological polar surface area (TPSA) is 58.9 Å². The average Bonchev–Trinajstić information content (AvgIpc) is 2.55. The fourth-order valence-electron chi connectivity index (χ4n) is 1.71. The van der Waals surface area contributed by atoms with Crippen LogP contribution in [0.5, 0.6) is 0 Å². The smallest absolute Gasteiger partial charge is 0.241 e. The molecule has 0 fully saturated rings. The number of carbonyl (C=O) groups excluding carboxylic acids is 1. The van der Waals surface area contributed by atoms with Crippen LogP contribution in [0.2, 0.25) is 0 Å². The number of hydrogen-bond donors (Lipinski definition) is 2. The highest BCUT2D eigenvalue weighted by Gasteiger charge is 2.08. The van der Waals surface area contributed by atoms with Crippen LogP contribution >= 0.6 is 0 Å². The fraction of sp³-hybridized carbons (Fsp3) is 0.667. The second-order valence-corrected chi connectivity index (χ2v) is 4.35. The van der Waals surface area contributed by atoms with Crippen molar-refractivity contribution < 1.29 is 4.79 Å². The van der Waals surface area contributed by atoms with Gasteiger partial charge in [0.15, 0.2) is 0 Å². The minimum Gasteiger partial charge on any atom is -0.353 e. The van der Waals surface area contributed by atoms with E-state index in [1.165, 1.54) is 0 Å². The van der Waals surface area contributed by atoms with E-state index in [1.807, 2.05) is 33.8 Å². The van der Waals surface area contributed by atoms with Gasteiger partial charge in [-0.1, -0.05) is 6.92 Å². The molecule has 0 aliphatic rings. The van der Waals surface area contributed by atoms with E-state index in [-0.39, 0.29) is 5.91 Å². The number of carbonyl (C=O) groups is 1. The SMILES string of the molecule is CCN[C@H](C)CNC(=O)Cn1nc(C)cc1C. The van der Waals surface area contributed by atoms with Gasteiger partial charge in [-0.3, -0.25) is 9.48 Å². The van der Waals surface area contributed by atoms with Crippen LogP contribution in [0.3, 0.4) is 0 Å². The maximum absolute atomic E-state index is 11.7. The molecule has 0 saturated carbocycles. The van der Waals surface area contributed by atoms with Crippen LogP contribution in [0, 0.1) is 13.8 Å². The van der Waals surface area contributed by atoms with E-state index in [0.717, 1.165) is 17.9 Å². The predicted octanol–water partition coefficient (Wildman–Crippen LogP) is 0.614. The summed E-state index contributed by atoms with van der Waals surface area (Å²) in [6, 6.07) is 2.26. The third-order valence-electron chi connectivity index (χ3n) is 2.55. The Balaban J connectivity index is 2.37. The van der Waals surface area contributed by atoms with Gasteiger partial charge in [-0.2, -0.15) is 5.10 Å². The van der Waals surface area contributed by atoms with Crippen molar-refractivity contribution in [3.8, 4) is 0 Å². The zero-order chi connectivity index (χ0) is 12.8. The molecule has 2 N–H and O–H groups in total. The van der Waals surface area contributed by atoms with E-state index in [0.29, 0.717) is 19.1 Å². The van der Waals surface area contributed by atoms with Gasteiger partial charge in [0.1, 0.15) is 6.54 Å². The molecule has 1 heterocycles. The largest absolute Gasteiger partial charge is 0.353 e. The van der Waals surface area contributed by atoms with E-state index in [2.05, 4.69) is 15.7 Å². The van der Waals surface area contributed by atoms with Crippen molar-refractivity contribution in [2.75, 3.05) is 13.1 Å². The lowest BCUT2D eigenvalue weighted by atomic mass is 10.3. The summed E-state index contributed by atoms with van der Waals surface area (Å²) in [5.74, 6) is 0.000882. The Morgan fingerprint density at radius 3 is 2.76 bits per heavy atom. The molecule has 0 aliphatic heterocycles. The van der Waals surface area contributed by atoms with Crippen LogP contribution in [0.1, 0.15) is 25.2 Å². The van der Waals surface area contributed by atoms with Crippen LogP contribution in [0.25, 0.3) is 0 Å². The summed E-state index contributed by atoms with van der Waals surface area (Å²) in [5.41, 5.74) is 1.95. The van der Waals surface area contributed by atoms with Crippen LogP contribution in [0.15, 0.2) is 6.07 Å². The number of amides is 1. The Bertz CT molecular complexity index is 373. The maximum Gasteiger partial charge on any atom is 0.241 e. The second kappa shape index (κ2) is 6.39. The Labute approximate surface area is 103 Å². The standard InChI is InChI=1S/C12H22N4O/c1-5-13-10(3)7-14-12(17)8-16-11(4)6-9(2)15-16/h6,10,13H,5,7-8H2,1-4H3,(H,14,17)/t10-/m1/s1. The van der Waals surface area contributed by atoms with Crippen molar-refractivity contribution in [3.63, 3.8) is 0 Å². The van der Waals surface area contributed by atoms with E-state index in [9.17, 15) is 4.79 Å².